The molecule has 1 aromatic heterocycles. The van der Waals surface area contributed by atoms with Crippen molar-refractivity contribution in [3.05, 3.63) is 29.6 Å². The maximum absolute atomic E-state index is 12.3. The highest BCUT2D eigenvalue weighted by Gasteiger charge is 2.23. The summed E-state index contributed by atoms with van der Waals surface area (Å²) in [5, 5.41) is 2.82. The lowest BCUT2D eigenvalue weighted by Gasteiger charge is -2.30. The lowest BCUT2D eigenvalue weighted by molar-refractivity contribution is 0.0956. The van der Waals surface area contributed by atoms with Crippen LogP contribution in [-0.2, 0) is 0 Å². The largest absolute Gasteiger partial charge is 0.351 e. The monoisotopic (exact) mass is 329 g/mol. The zero-order valence-electron chi connectivity index (χ0n) is 14.3. The van der Waals surface area contributed by atoms with Crippen molar-refractivity contribution in [2.45, 2.75) is 32.1 Å². The van der Waals surface area contributed by atoms with Crippen molar-refractivity contribution >= 4 is 16.9 Å². The number of aromatic amines is 1. The molecule has 24 heavy (non-hydrogen) atoms. The Morgan fingerprint density at radius 3 is 2.92 bits per heavy atom. The minimum atomic E-state index is -0.109. The summed E-state index contributed by atoms with van der Waals surface area (Å²) >= 11 is 0. The minimum Gasteiger partial charge on any atom is -0.351 e. The summed E-state index contributed by atoms with van der Waals surface area (Å²) in [4.78, 5) is 23.0. The smallest absolute Gasteiger partial charge is 0.253 e. The summed E-state index contributed by atoms with van der Waals surface area (Å²) in [6, 6.07) is 5.70. The number of imidazole rings is 1. The van der Waals surface area contributed by atoms with Crippen LogP contribution in [0.5, 0.6) is 0 Å². The Morgan fingerprint density at radius 2 is 2.21 bits per heavy atom. The molecule has 1 fully saturated rings. The maximum atomic E-state index is 12.3. The van der Waals surface area contributed by atoms with E-state index in [9.17, 15) is 4.79 Å². The molecular formula is C18H27N5O. The fourth-order valence-corrected chi connectivity index (χ4v) is 3.45. The molecule has 0 aliphatic carbocycles. The van der Waals surface area contributed by atoms with E-state index in [0.29, 0.717) is 24.6 Å². The molecule has 0 bridgehead atoms. The van der Waals surface area contributed by atoms with Crippen LogP contribution in [0.3, 0.4) is 0 Å². The second-order valence-corrected chi connectivity index (χ2v) is 6.48. The molecule has 6 heteroatoms. The second-order valence-electron chi connectivity index (χ2n) is 6.48. The Morgan fingerprint density at radius 1 is 1.42 bits per heavy atom. The van der Waals surface area contributed by atoms with E-state index in [0.717, 1.165) is 42.8 Å². The first-order valence-electron chi connectivity index (χ1n) is 8.92. The molecule has 0 radical (unpaired) electrons. The van der Waals surface area contributed by atoms with Crippen LogP contribution in [0, 0.1) is 0 Å². The second kappa shape index (κ2) is 7.77. The van der Waals surface area contributed by atoms with Gasteiger partial charge >= 0.3 is 0 Å². The molecule has 1 aliphatic heterocycles. The number of carbonyl (C=O) groups excluding carboxylic acids is 1. The van der Waals surface area contributed by atoms with Crippen molar-refractivity contribution in [1.29, 1.82) is 0 Å². The van der Waals surface area contributed by atoms with Gasteiger partial charge in [0.25, 0.3) is 5.91 Å². The number of piperidine rings is 1. The van der Waals surface area contributed by atoms with E-state index in [1.54, 1.807) is 0 Å². The molecule has 4 N–H and O–H groups in total. The third-order valence-electron chi connectivity index (χ3n) is 4.72. The molecule has 1 aliphatic rings. The van der Waals surface area contributed by atoms with E-state index < -0.39 is 0 Å². The van der Waals surface area contributed by atoms with E-state index in [1.165, 1.54) is 13.0 Å². The van der Waals surface area contributed by atoms with Gasteiger partial charge in [-0.3, -0.25) is 4.79 Å². The quantitative estimate of drug-likeness (QED) is 0.755. The molecule has 0 saturated carbocycles. The van der Waals surface area contributed by atoms with Crippen LogP contribution < -0.4 is 11.1 Å². The molecule has 130 valence electrons. The number of nitrogens with two attached hydrogens (primary N) is 1. The third-order valence-corrected chi connectivity index (χ3v) is 4.72. The van der Waals surface area contributed by atoms with Gasteiger partial charge in [-0.15, -0.1) is 0 Å². The lowest BCUT2D eigenvalue weighted by atomic mass is 9.96. The van der Waals surface area contributed by atoms with E-state index in [2.05, 4.69) is 22.1 Å². The Labute approximate surface area is 142 Å². The predicted molar refractivity (Wildman–Crippen MR) is 96.2 cm³/mol. The van der Waals surface area contributed by atoms with E-state index in [-0.39, 0.29) is 5.91 Å². The molecule has 0 spiro atoms. The number of hydrogen-bond donors (Lipinski definition) is 3. The SMILES string of the molecule is CCCN1CCC(c2nc3c(C(=O)NCCN)cccc3[nH]2)CC1. The fraction of sp³-hybridized carbons (Fsp3) is 0.556. The third kappa shape index (κ3) is 3.60. The first-order chi connectivity index (χ1) is 11.7. The zero-order valence-corrected chi connectivity index (χ0v) is 14.3. The van der Waals surface area contributed by atoms with Crippen LogP contribution in [0.2, 0.25) is 0 Å². The Bertz CT molecular complexity index is 688. The number of hydrogen-bond acceptors (Lipinski definition) is 4. The van der Waals surface area contributed by atoms with Crippen molar-refractivity contribution in [1.82, 2.24) is 20.2 Å². The molecule has 1 amide bonds. The van der Waals surface area contributed by atoms with Gasteiger partial charge in [-0.25, -0.2) is 4.98 Å². The number of para-hydroxylation sites is 1. The van der Waals surface area contributed by atoms with Gasteiger partial charge in [0.05, 0.1) is 11.1 Å². The lowest BCUT2D eigenvalue weighted by Crippen LogP contribution is -2.33. The van der Waals surface area contributed by atoms with Gasteiger partial charge in [0.2, 0.25) is 0 Å². The maximum Gasteiger partial charge on any atom is 0.253 e. The van der Waals surface area contributed by atoms with Crippen LogP contribution >= 0.6 is 0 Å². The van der Waals surface area contributed by atoms with Crippen LogP contribution in [0.4, 0.5) is 0 Å². The van der Waals surface area contributed by atoms with Gasteiger partial charge < -0.3 is 20.9 Å². The van der Waals surface area contributed by atoms with Gasteiger partial charge in [-0.05, 0) is 51.0 Å². The highest BCUT2D eigenvalue weighted by molar-refractivity contribution is 6.04. The number of nitrogens with one attached hydrogen (secondary N) is 2. The molecule has 2 heterocycles. The van der Waals surface area contributed by atoms with E-state index in [1.807, 2.05) is 18.2 Å². The molecule has 2 aromatic rings. The first kappa shape index (κ1) is 16.9. The van der Waals surface area contributed by atoms with Crippen molar-refractivity contribution in [3.8, 4) is 0 Å². The molecule has 1 aromatic carbocycles. The van der Waals surface area contributed by atoms with Crippen LogP contribution in [-0.4, -0.2) is 53.5 Å². The van der Waals surface area contributed by atoms with Crippen molar-refractivity contribution < 1.29 is 4.79 Å². The number of benzene rings is 1. The summed E-state index contributed by atoms with van der Waals surface area (Å²) in [6.07, 6.45) is 3.44. The van der Waals surface area contributed by atoms with Gasteiger partial charge in [0, 0.05) is 19.0 Å². The number of aromatic nitrogens is 2. The molecule has 6 nitrogen and oxygen atoms in total. The number of nitrogens with zero attached hydrogens (tertiary/aromatic N) is 2. The molecule has 0 atom stereocenters. The average molecular weight is 329 g/mol. The first-order valence-corrected chi connectivity index (χ1v) is 8.92. The Balaban J connectivity index is 1.78. The standard InChI is InChI=1S/C18H27N5O/c1-2-10-23-11-6-13(7-12-23)17-21-15-5-3-4-14(16(15)22-17)18(24)20-9-8-19/h3-5,13H,2,6-12,19H2,1H3,(H,20,24)(H,21,22). The number of carbonyl (C=O) groups is 1. The molecule has 1 saturated heterocycles. The Kier molecular flexibility index (Phi) is 5.48. The van der Waals surface area contributed by atoms with Gasteiger partial charge in [0.1, 0.15) is 11.3 Å². The van der Waals surface area contributed by atoms with Gasteiger partial charge in [-0.2, -0.15) is 0 Å². The Hall–Kier alpha value is -1.92. The van der Waals surface area contributed by atoms with Crippen molar-refractivity contribution in [2.75, 3.05) is 32.7 Å². The number of fused-ring (bicyclic) bond motifs is 1. The van der Waals surface area contributed by atoms with Crippen LogP contribution in [0.1, 0.15) is 48.3 Å². The van der Waals surface area contributed by atoms with E-state index in [4.69, 9.17) is 10.7 Å². The summed E-state index contributed by atoms with van der Waals surface area (Å²) in [5.74, 6) is 1.35. The van der Waals surface area contributed by atoms with Crippen molar-refractivity contribution in [2.24, 2.45) is 5.73 Å². The highest BCUT2D eigenvalue weighted by Crippen LogP contribution is 2.28. The zero-order chi connectivity index (χ0) is 16.9. The van der Waals surface area contributed by atoms with Gasteiger partial charge in [0.15, 0.2) is 0 Å². The molecule has 3 rings (SSSR count). The number of rotatable bonds is 6. The van der Waals surface area contributed by atoms with Crippen molar-refractivity contribution in [3.63, 3.8) is 0 Å². The topological polar surface area (TPSA) is 87.0 Å². The van der Waals surface area contributed by atoms with Crippen LogP contribution in [0.15, 0.2) is 18.2 Å². The normalized spacial score (nSPS) is 16.6. The highest BCUT2D eigenvalue weighted by atomic mass is 16.1. The number of H-pyrrole nitrogens is 1. The van der Waals surface area contributed by atoms with Crippen LogP contribution in [0.25, 0.3) is 11.0 Å². The summed E-state index contributed by atoms with van der Waals surface area (Å²) in [7, 11) is 0. The number of likely N-dealkylation sites (tertiary alicyclic amines) is 1. The summed E-state index contributed by atoms with van der Waals surface area (Å²) < 4.78 is 0. The molecular weight excluding hydrogens is 302 g/mol. The van der Waals surface area contributed by atoms with Gasteiger partial charge in [-0.1, -0.05) is 13.0 Å². The molecule has 0 unspecified atom stereocenters. The fourth-order valence-electron chi connectivity index (χ4n) is 3.45. The predicted octanol–water partition coefficient (Wildman–Crippen LogP) is 1.84. The van der Waals surface area contributed by atoms with E-state index >= 15 is 0 Å². The average Bonchev–Trinajstić information content (AvgIpc) is 3.04. The minimum absolute atomic E-state index is 0.109. The summed E-state index contributed by atoms with van der Waals surface area (Å²) in [5.41, 5.74) is 7.77. The number of amides is 1. The summed E-state index contributed by atoms with van der Waals surface area (Å²) in [6.45, 7) is 6.56.